The molecule has 0 aliphatic carbocycles. The van der Waals surface area contributed by atoms with E-state index in [0.29, 0.717) is 65.6 Å². The lowest BCUT2D eigenvalue weighted by Gasteiger charge is -2.30. The first kappa shape index (κ1) is 28.7. The molecule has 0 unspecified atom stereocenters. The Kier molecular flexibility index (Phi) is 8.70. The second kappa shape index (κ2) is 11.8. The second-order valence-corrected chi connectivity index (χ2v) is 10.9. The number of aromatic nitrogens is 1. The topological polar surface area (TPSA) is 103 Å². The molecule has 1 aromatic heterocycles. The molecule has 1 amide bonds. The summed E-state index contributed by atoms with van der Waals surface area (Å²) in [4.78, 5) is 34.8. The molecule has 0 bridgehead atoms. The van der Waals surface area contributed by atoms with Gasteiger partial charge in [-0.25, -0.2) is 4.99 Å². The highest BCUT2D eigenvalue weighted by Gasteiger charge is 2.36. The summed E-state index contributed by atoms with van der Waals surface area (Å²) in [7, 11) is 4.59. The second-order valence-electron chi connectivity index (χ2n) is 8.72. The number of ether oxygens (including phenoxy) is 3. The van der Waals surface area contributed by atoms with E-state index in [9.17, 15) is 14.7 Å². The number of hydrogen-bond acceptors (Lipinski definition) is 8. The number of fused-ring (bicyclic) bond motifs is 1. The van der Waals surface area contributed by atoms with Crippen molar-refractivity contribution in [2.75, 3.05) is 34.4 Å². The smallest absolute Gasteiger partial charge is 0.271 e. The molecular formula is C28H30IN3O6S. The predicted molar refractivity (Wildman–Crippen MR) is 159 cm³/mol. The number of halogens is 1. The number of phenols is 1. The Morgan fingerprint density at radius 3 is 2.44 bits per heavy atom. The number of amides is 1. The summed E-state index contributed by atoms with van der Waals surface area (Å²) < 4.78 is 19.0. The summed E-state index contributed by atoms with van der Waals surface area (Å²) >= 11 is 3.25. The maximum absolute atomic E-state index is 14.0. The van der Waals surface area contributed by atoms with Gasteiger partial charge in [0.25, 0.3) is 11.5 Å². The largest absolute Gasteiger partial charge is 0.504 e. The number of hydrogen-bond donors (Lipinski definition) is 1. The van der Waals surface area contributed by atoms with Gasteiger partial charge in [-0.2, -0.15) is 0 Å². The molecule has 0 fully saturated rings. The van der Waals surface area contributed by atoms with Crippen LogP contribution in [0.15, 0.2) is 51.4 Å². The number of allylic oxidation sites excluding steroid dienone is 1. The molecule has 39 heavy (non-hydrogen) atoms. The molecule has 0 spiro atoms. The molecule has 11 heteroatoms. The van der Waals surface area contributed by atoms with Crippen molar-refractivity contribution in [3.05, 3.63) is 76.0 Å². The van der Waals surface area contributed by atoms with Gasteiger partial charge in [0.1, 0.15) is 17.5 Å². The molecule has 4 rings (SSSR count). The van der Waals surface area contributed by atoms with Crippen LogP contribution in [0.3, 0.4) is 0 Å². The Hall–Kier alpha value is -3.32. The van der Waals surface area contributed by atoms with Crippen molar-refractivity contribution >= 4 is 45.9 Å². The zero-order valence-electron chi connectivity index (χ0n) is 22.6. The molecule has 2 aromatic carbocycles. The molecule has 3 aromatic rings. The number of nitrogens with zero attached hydrogens (tertiary/aromatic N) is 3. The van der Waals surface area contributed by atoms with E-state index in [-0.39, 0.29) is 17.2 Å². The lowest BCUT2D eigenvalue weighted by molar-refractivity contribution is -0.127. The minimum Gasteiger partial charge on any atom is -0.504 e. The fourth-order valence-corrected chi connectivity index (χ4v) is 6.28. The fraction of sp³-hybridized carbons (Fsp3) is 0.321. The number of phenolic OH excluding ortho intramolecular Hbond substituents is 1. The summed E-state index contributed by atoms with van der Waals surface area (Å²) in [5.41, 5.74) is 1.95. The van der Waals surface area contributed by atoms with Crippen molar-refractivity contribution < 1.29 is 24.1 Å². The fourth-order valence-electron chi connectivity index (χ4n) is 4.61. The van der Waals surface area contributed by atoms with Gasteiger partial charge >= 0.3 is 0 Å². The lowest BCUT2D eigenvalue weighted by Crippen LogP contribution is -2.43. The van der Waals surface area contributed by atoms with Crippen molar-refractivity contribution in [2.45, 2.75) is 26.8 Å². The van der Waals surface area contributed by atoms with E-state index in [1.54, 1.807) is 67.0 Å². The van der Waals surface area contributed by atoms with Crippen LogP contribution in [0.5, 0.6) is 23.0 Å². The van der Waals surface area contributed by atoms with Gasteiger partial charge in [0, 0.05) is 18.7 Å². The first-order valence-electron chi connectivity index (χ1n) is 12.3. The Balaban J connectivity index is 2.03. The van der Waals surface area contributed by atoms with Gasteiger partial charge < -0.3 is 24.2 Å². The third kappa shape index (κ3) is 5.29. The van der Waals surface area contributed by atoms with E-state index in [1.165, 1.54) is 18.4 Å². The first-order chi connectivity index (χ1) is 18.7. The number of benzene rings is 2. The molecule has 9 nitrogen and oxygen atoms in total. The van der Waals surface area contributed by atoms with Crippen molar-refractivity contribution in [1.29, 1.82) is 0 Å². The van der Waals surface area contributed by atoms with E-state index in [0.717, 1.165) is 0 Å². The molecule has 1 aliphatic rings. The minimum atomic E-state index is -0.781. The van der Waals surface area contributed by atoms with Crippen LogP contribution in [-0.4, -0.2) is 54.9 Å². The summed E-state index contributed by atoms with van der Waals surface area (Å²) in [5.74, 6) is 1.25. The van der Waals surface area contributed by atoms with Crippen molar-refractivity contribution in [2.24, 2.45) is 4.99 Å². The number of methoxy groups -OCH3 is 3. The van der Waals surface area contributed by atoms with Gasteiger partial charge in [0.2, 0.25) is 0 Å². The highest BCUT2D eigenvalue weighted by atomic mass is 127. The molecule has 2 heterocycles. The summed E-state index contributed by atoms with van der Waals surface area (Å²) in [6.07, 6.45) is 1.74. The molecule has 0 radical (unpaired) electrons. The van der Waals surface area contributed by atoms with Crippen LogP contribution in [0.4, 0.5) is 0 Å². The summed E-state index contributed by atoms with van der Waals surface area (Å²) in [5, 5.41) is 10.2. The summed E-state index contributed by atoms with van der Waals surface area (Å²) in [6, 6.07) is 7.98. The zero-order chi connectivity index (χ0) is 28.4. The van der Waals surface area contributed by atoms with Gasteiger partial charge in [-0.3, -0.25) is 14.2 Å². The SMILES string of the molecule is CCN(CC)C(=O)C1=C(C)N=c2s/c(=C/c3cc(I)c(O)c(OC)c3)c(=O)n2[C@@H]1c1cc(OC)ccc1OC. The highest BCUT2D eigenvalue weighted by Crippen LogP contribution is 2.38. The van der Waals surface area contributed by atoms with Gasteiger partial charge in [0.05, 0.1) is 40.7 Å². The molecule has 0 saturated heterocycles. The van der Waals surface area contributed by atoms with Crippen LogP contribution >= 0.6 is 33.9 Å². The van der Waals surface area contributed by atoms with E-state index in [2.05, 4.69) is 0 Å². The number of rotatable bonds is 8. The quantitative estimate of drug-likeness (QED) is 0.371. The number of aromatic hydroxyl groups is 1. The lowest BCUT2D eigenvalue weighted by atomic mass is 9.93. The van der Waals surface area contributed by atoms with Crippen molar-refractivity contribution in [3.8, 4) is 23.0 Å². The molecular weight excluding hydrogens is 633 g/mol. The van der Waals surface area contributed by atoms with Crippen LogP contribution < -0.4 is 29.1 Å². The zero-order valence-corrected chi connectivity index (χ0v) is 25.5. The molecule has 1 aliphatic heterocycles. The van der Waals surface area contributed by atoms with Crippen LogP contribution in [-0.2, 0) is 4.79 Å². The maximum atomic E-state index is 14.0. The normalized spacial score (nSPS) is 15.1. The standard InChI is InChI=1S/C28H30IN3O6S/c1-7-31(8-2)27(35)23-15(3)30-28-32(24(23)18-14-17(36-4)9-10-20(18)37-5)26(34)22(39-28)13-16-11-19(29)25(33)21(12-16)38-6/h9-14,24,33H,7-8H2,1-6H3/b22-13+/t24-/m1/s1. The average molecular weight is 664 g/mol. The average Bonchev–Trinajstić information content (AvgIpc) is 3.23. The number of carbonyl (C=O) groups excluding carboxylic acids is 1. The number of thiazole rings is 1. The Bertz CT molecular complexity index is 1640. The molecule has 0 saturated carbocycles. The highest BCUT2D eigenvalue weighted by molar-refractivity contribution is 14.1. The Morgan fingerprint density at radius 1 is 1.13 bits per heavy atom. The predicted octanol–water partition coefficient (Wildman–Crippen LogP) is 3.44. The Morgan fingerprint density at radius 2 is 1.82 bits per heavy atom. The Labute approximate surface area is 243 Å². The van der Waals surface area contributed by atoms with Crippen LogP contribution in [0.2, 0.25) is 0 Å². The van der Waals surface area contributed by atoms with Crippen LogP contribution in [0.1, 0.15) is 37.9 Å². The van der Waals surface area contributed by atoms with E-state index < -0.39 is 6.04 Å². The third-order valence-electron chi connectivity index (χ3n) is 6.60. The van der Waals surface area contributed by atoms with Gasteiger partial charge in [-0.05, 0) is 85.3 Å². The summed E-state index contributed by atoms with van der Waals surface area (Å²) in [6.45, 7) is 6.65. The van der Waals surface area contributed by atoms with E-state index >= 15 is 0 Å². The molecule has 206 valence electrons. The third-order valence-corrected chi connectivity index (χ3v) is 8.41. The maximum Gasteiger partial charge on any atom is 0.271 e. The van der Waals surface area contributed by atoms with E-state index in [4.69, 9.17) is 19.2 Å². The molecule has 1 N–H and O–H groups in total. The van der Waals surface area contributed by atoms with Gasteiger partial charge in [0.15, 0.2) is 16.3 Å². The van der Waals surface area contributed by atoms with Crippen LogP contribution in [0.25, 0.3) is 6.08 Å². The monoisotopic (exact) mass is 663 g/mol. The van der Waals surface area contributed by atoms with Crippen LogP contribution in [0, 0.1) is 3.57 Å². The van der Waals surface area contributed by atoms with Crippen molar-refractivity contribution in [1.82, 2.24) is 9.47 Å². The first-order valence-corrected chi connectivity index (χ1v) is 14.2. The number of carbonyl (C=O) groups is 1. The van der Waals surface area contributed by atoms with E-state index in [1.807, 2.05) is 36.4 Å². The minimum absolute atomic E-state index is 0.0389. The van der Waals surface area contributed by atoms with Gasteiger partial charge in [-0.15, -0.1) is 0 Å². The van der Waals surface area contributed by atoms with Crippen molar-refractivity contribution in [3.63, 3.8) is 0 Å². The van der Waals surface area contributed by atoms with Gasteiger partial charge in [-0.1, -0.05) is 11.3 Å². The molecule has 1 atom stereocenters. The number of likely N-dealkylation sites (N-methyl/N-ethyl adjacent to an activating group) is 1.